The Labute approximate surface area is 128 Å². The van der Waals surface area contributed by atoms with E-state index < -0.39 is 5.54 Å². The molecule has 0 aliphatic carbocycles. The highest BCUT2D eigenvalue weighted by Gasteiger charge is 2.25. The molecule has 1 unspecified atom stereocenters. The van der Waals surface area contributed by atoms with E-state index in [1.165, 1.54) is 12.8 Å². The second-order valence-corrected chi connectivity index (χ2v) is 12.5. The van der Waals surface area contributed by atoms with Crippen LogP contribution in [-0.4, -0.2) is 30.4 Å². The molecule has 1 N–H and O–H groups in total. The van der Waals surface area contributed by atoms with Gasteiger partial charge in [-0.1, -0.05) is 51.4 Å². The van der Waals surface area contributed by atoms with Crippen LogP contribution in [0.15, 0.2) is 0 Å². The minimum atomic E-state index is -1.97. The van der Waals surface area contributed by atoms with E-state index >= 15 is 0 Å². The minimum Gasteiger partial charge on any atom is -0.298 e. The maximum absolute atomic E-state index is 12.2. The number of amides is 1. The van der Waals surface area contributed by atoms with Crippen LogP contribution in [0.3, 0.4) is 0 Å². The second-order valence-electron chi connectivity index (χ2n) is 5.16. The molecule has 1 atom stereocenters. The molecule has 0 rings (SSSR count). The van der Waals surface area contributed by atoms with Crippen molar-refractivity contribution in [3.8, 4) is 0 Å². The summed E-state index contributed by atoms with van der Waals surface area (Å²) in [5, 5.41) is 3.21. The number of unbranched alkanes of at least 4 members (excludes halogenated alkanes) is 3. The number of hydrogen-bond donors (Lipinski definition) is 1. The van der Waals surface area contributed by atoms with Gasteiger partial charge in [-0.2, -0.15) is 0 Å². The number of nitrogens with zero attached hydrogens (tertiary/aromatic N) is 1. The topological polar surface area (TPSA) is 32.3 Å². The smallest absolute Gasteiger partial charge is 0.227 e. The van der Waals surface area contributed by atoms with Gasteiger partial charge >= 0.3 is 0 Å². The summed E-state index contributed by atoms with van der Waals surface area (Å²) in [6, 6.07) is 0. The predicted molar refractivity (Wildman–Crippen MR) is 92.2 cm³/mol. The van der Waals surface area contributed by atoms with Crippen LogP contribution in [-0.2, 0) is 16.6 Å². The lowest BCUT2D eigenvalue weighted by atomic mass is 10.1. The van der Waals surface area contributed by atoms with E-state index in [0.29, 0.717) is 12.3 Å². The van der Waals surface area contributed by atoms with E-state index in [-0.39, 0.29) is 5.91 Å². The average molecular weight is 324 g/mol. The molecule has 0 aliphatic rings. The van der Waals surface area contributed by atoms with Crippen LogP contribution in [0, 0.1) is 5.92 Å². The number of nitrogens with one attached hydrogen (secondary N) is 1. The van der Waals surface area contributed by atoms with Gasteiger partial charge in [0.1, 0.15) is 0 Å². The van der Waals surface area contributed by atoms with Crippen LogP contribution in [0.1, 0.15) is 52.9 Å². The monoisotopic (exact) mass is 324 g/mol. The standard InChI is InChI=1S/C13H29N2OPS2/c1-6-7-8-9-10-13(16)15(5)17(18,14-4)19-11-12(2)3/h12H,6-11H2,1-5H3,(H,14,18). The fraction of sp³-hybridized carbons (Fsp3) is 0.923. The Morgan fingerprint density at radius 2 is 2.00 bits per heavy atom. The summed E-state index contributed by atoms with van der Waals surface area (Å²) in [4.78, 5) is 12.2. The van der Waals surface area contributed by atoms with Gasteiger partial charge in [0.05, 0.1) is 0 Å². The van der Waals surface area contributed by atoms with Crippen molar-refractivity contribution in [1.82, 2.24) is 9.76 Å². The van der Waals surface area contributed by atoms with Crippen LogP contribution in [0.2, 0.25) is 0 Å². The molecule has 0 bridgehead atoms. The Morgan fingerprint density at radius 3 is 2.47 bits per heavy atom. The molecule has 19 heavy (non-hydrogen) atoms. The fourth-order valence-corrected chi connectivity index (χ4v) is 6.56. The van der Waals surface area contributed by atoms with E-state index in [4.69, 9.17) is 11.8 Å². The normalized spacial score (nSPS) is 14.4. The van der Waals surface area contributed by atoms with Gasteiger partial charge in [0.15, 0.2) is 5.54 Å². The van der Waals surface area contributed by atoms with Crippen molar-refractivity contribution in [2.24, 2.45) is 5.92 Å². The molecule has 3 nitrogen and oxygen atoms in total. The molecule has 0 aliphatic heterocycles. The van der Waals surface area contributed by atoms with Gasteiger partial charge in [-0.3, -0.25) is 14.6 Å². The van der Waals surface area contributed by atoms with Gasteiger partial charge in [0.2, 0.25) is 5.91 Å². The number of carbonyl (C=O) groups is 1. The highest BCUT2D eigenvalue weighted by Crippen LogP contribution is 2.57. The Kier molecular flexibility index (Phi) is 10.4. The molecule has 0 radical (unpaired) electrons. The second kappa shape index (κ2) is 10.2. The lowest BCUT2D eigenvalue weighted by molar-refractivity contribution is -0.125. The zero-order valence-corrected chi connectivity index (χ0v) is 15.5. The molecular formula is C13H29N2OPS2. The highest BCUT2D eigenvalue weighted by atomic mass is 32.9. The average Bonchev–Trinajstić information content (AvgIpc) is 2.39. The van der Waals surface area contributed by atoms with Gasteiger partial charge < -0.3 is 0 Å². The van der Waals surface area contributed by atoms with Gasteiger partial charge in [0, 0.05) is 19.2 Å². The van der Waals surface area contributed by atoms with Gasteiger partial charge in [-0.25, -0.2) is 0 Å². The molecule has 6 heteroatoms. The van der Waals surface area contributed by atoms with Crippen LogP contribution < -0.4 is 5.09 Å². The highest BCUT2D eigenvalue weighted by molar-refractivity contribution is 8.69. The number of rotatable bonds is 10. The Bertz CT molecular complexity index is 311. The molecule has 0 aromatic rings. The van der Waals surface area contributed by atoms with E-state index in [9.17, 15) is 4.79 Å². The number of carbonyl (C=O) groups excluding carboxylic acids is 1. The molecule has 0 aromatic heterocycles. The van der Waals surface area contributed by atoms with Crippen molar-refractivity contribution < 1.29 is 4.79 Å². The Morgan fingerprint density at radius 1 is 1.37 bits per heavy atom. The third-order valence-corrected chi connectivity index (χ3v) is 10.6. The quantitative estimate of drug-likeness (QED) is 0.481. The van der Waals surface area contributed by atoms with E-state index in [1.807, 2.05) is 14.1 Å². The zero-order valence-electron chi connectivity index (χ0n) is 12.9. The first-order valence-electron chi connectivity index (χ1n) is 7.08. The molecule has 1 amide bonds. The molecule has 0 heterocycles. The van der Waals surface area contributed by atoms with Crippen LogP contribution >= 0.6 is 16.9 Å². The first kappa shape index (κ1) is 19.4. The minimum absolute atomic E-state index is 0.185. The van der Waals surface area contributed by atoms with E-state index in [1.54, 1.807) is 16.1 Å². The van der Waals surface area contributed by atoms with Crippen molar-refractivity contribution in [1.29, 1.82) is 0 Å². The molecule has 0 fully saturated rings. The zero-order chi connectivity index (χ0) is 14.9. The molecule has 0 spiro atoms. The SMILES string of the molecule is CCCCCCC(=O)N(C)P(=S)(NC)SCC(C)C. The van der Waals surface area contributed by atoms with Gasteiger partial charge in [0.25, 0.3) is 0 Å². The summed E-state index contributed by atoms with van der Waals surface area (Å²) < 4.78 is 1.79. The Hall–Kier alpha value is 0.430. The summed E-state index contributed by atoms with van der Waals surface area (Å²) in [6.07, 6.45) is 5.14. The number of hydrogen-bond acceptors (Lipinski definition) is 3. The molecule has 0 saturated carbocycles. The molecule has 114 valence electrons. The largest absolute Gasteiger partial charge is 0.298 e. The third-order valence-electron chi connectivity index (χ3n) is 2.87. The maximum atomic E-state index is 12.2. The van der Waals surface area contributed by atoms with Gasteiger partial charge in [-0.15, -0.1) is 0 Å². The van der Waals surface area contributed by atoms with Crippen LogP contribution in [0.5, 0.6) is 0 Å². The fourth-order valence-electron chi connectivity index (χ4n) is 1.56. The van der Waals surface area contributed by atoms with Crippen LogP contribution in [0.25, 0.3) is 0 Å². The first-order chi connectivity index (χ1) is 8.87. The van der Waals surface area contributed by atoms with Crippen molar-refractivity contribution in [2.45, 2.75) is 52.9 Å². The van der Waals surface area contributed by atoms with Crippen molar-refractivity contribution in [3.63, 3.8) is 0 Å². The Balaban J connectivity index is 4.35. The van der Waals surface area contributed by atoms with Crippen molar-refractivity contribution in [2.75, 3.05) is 19.8 Å². The van der Waals surface area contributed by atoms with Crippen LogP contribution in [0.4, 0.5) is 0 Å². The first-order valence-corrected chi connectivity index (χ1v) is 11.4. The molecule has 0 saturated heterocycles. The van der Waals surface area contributed by atoms with E-state index in [0.717, 1.165) is 18.6 Å². The summed E-state index contributed by atoms with van der Waals surface area (Å²) >= 11 is 7.42. The maximum Gasteiger partial charge on any atom is 0.227 e. The van der Waals surface area contributed by atoms with E-state index in [2.05, 4.69) is 25.9 Å². The molecule has 0 aromatic carbocycles. The third kappa shape index (κ3) is 7.69. The lowest BCUT2D eigenvalue weighted by Crippen LogP contribution is -2.27. The summed E-state index contributed by atoms with van der Waals surface area (Å²) in [5.41, 5.74) is -1.97. The summed E-state index contributed by atoms with van der Waals surface area (Å²) in [5.74, 6) is 1.77. The predicted octanol–water partition coefficient (Wildman–Crippen LogP) is 4.25. The van der Waals surface area contributed by atoms with Crippen molar-refractivity contribution >= 4 is 34.6 Å². The summed E-state index contributed by atoms with van der Waals surface area (Å²) in [7, 11) is 3.72. The van der Waals surface area contributed by atoms with Crippen molar-refractivity contribution in [3.05, 3.63) is 0 Å². The lowest BCUT2D eigenvalue weighted by Gasteiger charge is -2.31. The van der Waals surface area contributed by atoms with Gasteiger partial charge in [-0.05, 0) is 31.2 Å². The summed E-state index contributed by atoms with van der Waals surface area (Å²) in [6.45, 7) is 6.53. The molecular weight excluding hydrogens is 295 g/mol.